The number of rotatable bonds is 1. The highest BCUT2D eigenvalue weighted by molar-refractivity contribution is 5.44. The number of hydrogen-bond acceptors (Lipinski definition) is 3. The molecule has 1 saturated heterocycles. The second kappa shape index (κ2) is 5.47. The molecule has 2 aliphatic rings. The first-order chi connectivity index (χ1) is 9.55. The van der Waals surface area contributed by atoms with E-state index < -0.39 is 0 Å². The molecule has 0 bridgehead atoms. The molecule has 20 heavy (non-hydrogen) atoms. The minimum Gasteiger partial charge on any atom is -0.378 e. The van der Waals surface area contributed by atoms with Gasteiger partial charge in [0.2, 0.25) is 0 Å². The predicted molar refractivity (Wildman–Crippen MR) is 80.1 cm³/mol. The Bertz CT molecular complexity index is 484. The van der Waals surface area contributed by atoms with Crippen molar-refractivity contribution in [2.24, 2.45) is 0 Å². The van der Waals surface area contributed by atoms with Crippen LogP contribution in [0.4, 0.5) is 0 Å². The molecular weight excluding hydrogens is 250 g/mol. The number of nitrogens with one attached hydrogen (secondary N) is 1. The van der Waals surface area contributed by atoms with E-state index in [2.05, 4.69) is 38.2 Å². The Balaban J connectivity index is 2.05. The highest BCUT2D eigenvalue weighted by Gasteiger charge is 2.25. The minimum absolute atomic E-state index is 0.178. The summed E-state index contributed by atoms with van der Waals surface area (Å²) in [5.74, 6) is 0. The third-order valence-corrected chi connectivity index (χ3v) is 4.30. The zero-order valence-corrected chi connectivity index (χ0v) is 12.8. The predicted octanol–water partition coefficient (Wildman–Crippen LogP) is 2.72. The maximum atomic E-state index is 5.68. The molecule has 2 heterocycles. The first-order valence-electron chi connectivity index (χ1n) is 7.61. The molecule has 1 aromatic carbocycles. The van der Waals surface area contributed by atoms with Crippen LogP contribution in [0, 0.1) is 0 Å². The molecule has 3 rings (SSSR count). The van der Waals surface area contributed by atoms with E-state index in [0.29, 0.717) is 6.04 Å². The van der Waals surface area contributed by atoms with Gasteiger partial charge in [0.1, 0.15) is 0 Å². The molecule has 0 saturated carbocycles. The van der Waals surface area contributed by atoms with Gasteiger partial charge in [0.05, 0.1) is 32.5 Å². The smallest absolute Gasteiger partial charge is 0.0722 e. The molecule has 3 nitrogen and oxygen atoms in total. The van der Waals surface area contributed by atoms with Gasteiger partial charge in [-0.1, -0.05) is 32.9 Å². The normalized spacial score (nSPS) is 23.4. The van der Waals surface area contributed by atoms with E-state index in [1.807, 2.05) is 0 Å². The summed E-state index contributed by atoms with van der Waals surface area (Å²) in [6.07, 6.45) is 1.03. The first-order valence-corrected chi connectivity index (χ1v) is 7.61. The Morgan fingerprint density at radius 1 is 1.15 bits per heavy atom. The molecule has 3 heteroatoms. The van der Waals surface area contributed by atoms with Crippen molar-refractivity contribution in [2.75, 3.05) is 26.4 Å². The van der Waals surface area contributed by atoms with Crippen molar-refractivity contribution in [1.82, 2.24) is 5.32 Å². The SMILES string of the molecule is CC(C)(C)c1cc2c(c([C@@H]3COCCN3)c1)COCC2. The van der Waals surface area contributed by atoms with Crippen LogP contribution in [0.1, 0.15) is 49.1 Å². The number of hydrogen-bond donors (Lipinski definition) is 1. The molecule has 110 valence electrons. The fourth-order valence-electron chi connectivity index (χ4n) is 3.02. The van der Waals surface area contributed by atoms with Crippen LogP contribution in [0.25, 0.3) is 0 Å². The Hall–Kier alpha value is -0.900. The average molecular weight is 275 g/mol. The van der Waals surface area contributed by atoms with Crippen molar-refractivity contribution in [3.8, 4) is 0 Å². The van der Waals surface area contributed by atoms with E-state index in [-0.39, 0.29) is 5.41 Å². The molecule has 1 atom stereocenters. The zero-order chi connectivity index (χ0) is 14.2. The molecule has 0 spiro atoms. The maximum absolute atomic E-state index is 5.68. The van der Waals surface area contributed by atoms with Gasteiger partial charge in [0, 0.05) is 6.54 Å². The van der Waals surface area contributed by atoms with E-state index in [1.54, 1.807) is 0 Å². The molecule has 2 aliphatic heterocycles. The van der Waals surface area contributed by atoms with E-state index in [9.17, 15) is 0 Å². The Labute approximate surface area is 121 Å². The Kier molecular flexibility index (Phi) is 3.85. The summed E-state index contributed by atoms with van der Waals surface area (Å²) in [5, 5.41) is 3.58. The van der Waals surface area contributed by atoms with Crippen LogP contribution in [0.2, 0.25) is 0 Å². The lowest BCUT2D eigenvalue weighted by atomic mass is 9.81. The number of ether oxygens (including phenoxy) is 2. The van der Waals surface area contributed by atoms with Gasteiger partial charge >= 0.3 is 0 Å². The first kappa shape index (κ1) is 14.1. The standard InChI is InChI=1S/C17H25NO2/c1-17(2,3)13-8-12-4-6-19-10-15(12)14(9-13)16-11-20-7-5-18-16/h8-9,16,18H,4-7,10-11H2,1-3H3/t16-/m0/s1. The summed E-state index contributed by atoms with van der Waals surface area (Å²) in [7, 11) is 0. The summed E-state index contributed by atoms with van der Waals surface area (Å²) in [6.45, 7) is 10.9. The quantitative estimate of drug-likeness (QED) is 0.855. The van der Waals surface area contributed by atoms with Crippen LogP contribution in [-0.4, -0.2) is 26.4 Å². The van der Waals surface area contributed by atoms with Gasteiger partial charge < -0.3 is 14.8 Å². The van der Waals surface area contributed by atoms with Crippen molar-refractivity contribution >= 4 is 0 Å². The monoisotopic (exact) mass is 275 g/mol. The summed E-state index contributed by atoms with van der Waals surface area (Å²) >= 11 is 0. The van der Waals surface area contributed by atoms with Gasteiger partial charge in [-0.15, -0.1) is 0 Å². The summed E-state index contributed by atoms with van der Waals surface area (Å²) < 4.78 is 11.3. The number of fused-ring (bicyclic) bond motifs is 1. The van der Waals surface area contributed by atoms with E-state index >= 15 is 0 Å². The van der Waals surface area contributed by atoms with E-state index in [1.165, 1.54) is 22.3 Å². The van der Waals surface area contributed by atoms with Crippen molar-refractivity contribution < 1.29 is 9.47 Å². The van der Waals surface area contributed by atoms with Gasteiger partial charge in [-0.3, -0.25) is 0 Å². The second-order valence-electron chi connectivity index (χ2n) is 6.84. The number of benzene rings is 1. The van der Waals surface area contributed by atoms with Gasteiger partial charge in [-0.2, -0.15) is 0 Å². The van der Waals surface area contributed by atoms with E-state index in [4.69, 9.17) is 9.47 Å². The van der Waals surface area contributed by atoms with Crippen LogP contribution < -0.4 is 5.32 Å². The van der Waals surface area contributed by atoms with Gasteiger partial charge in [-0.05, 0) is 34.1 Å². The van der Waals surface area contributed by atoms with Crippen LogP contribution in [0.15, 0.2) is 12.1 Å². The maximum Gasteiger partial charge on any atom is 0.0722 e. The average Bonchev–Trinajstić information content (AvgIpc) is 2.46. The third-order valence-electron chi connectivity index (χ3n) is 4.30. The van der Waals surface area contributed by atoms with Crippen molar-refractivity contribution in [1.29, 1.82) is 0 Å². The van der Waals surface area contributed by atoms with Gasteiger partial charge in [0.15, 0.2) is 0 Å². The zero-order valence-electron chi connectivity index (χ0n) is 12.8. The lowest BCUT2D eigenvalue weighted by Crippen LogP contribution is -2.36. The highest BCUT2D eigenvalue weighted by Crippen LogP contribution is 2.33. The number of morpholine rings is 1. The molecule has 1 aromatic rings. The van der Waals surface area contributed by atoms with Crippen LogP contribution in [0.5, 0.6) is 0 Å². The third kappa shape index (κ3) is 2.76. The molecular formula is C17H25NO2. The summed E-state index contributed by atoms with van der Waals surface area (Å²) in [5.41, 5.74) is 5.82. The Morgan fingerprint density at radius 3 is 2.70 bits per heavy atom. The largest absolute Gasteiger partial charge is 0.378 e. The van der Waals surface area contributed by atoms with Crippen molar-refractivity contribution in [3.63, 3.8) is 0 Å². The van der Waals surface area contributed by atoms with Gasteiger partial charge in [-0.25, -0.2) is 0 Å². The lowest BCUT2D eigenvalue weighted by Gasteiger charge is -2.31. The highest BCUT2D eigenvalue weighted by atomic mass is 16.5. The van der Waals surface area contributed by atoms with E-state index in [0.717, 1.165) is 39.4 Å². The van der Waals surface area contributed by atoms with Crippen molar-refractivity contribution in [3.05, 3.63) is 34.4 Å². The summed E-state index contributed by atoms with van der Waals surface area (Å²) in [4.78, 5) is 0. The van der Waals surface area contributed by atoms with Crippen LogP contribution in [0.3, 0.4) is 0 Å². The van der Waals surface area contributed by atoms with Crippen molar-refractivity contribution in [2.45, 2.75) is 45.3 Å². The molecule has 1 N–H and O–H groups in total. The second-order valence-corrected chi connectivity index (χ2v) is 6.84. The molecule has 0 radical (unpaired) electrons. The van der Waals surface area contributed by atoms with Crippen LogP contribution >= 0.6 is 0 Å². The summed E-state index contributed by atoms with van der Waals surface area (Å²) in [6, 6.07) is 5.05. The molecule has 0 unspecified atom stereocenters. The fraction of sp³-hybridized carbons (Fsp3) is 0.647. The molecule has 0 aliphatic carbocycles. The van der Waals surface area contributed by atoms with Gasteiger partial charge in [0.25, 0.3) is 0 Å². The Morgan fingerprint density at radius 2 is 2.00 bits per heavy atom. The minimum atomic E-state index is 0.178. The lowest BCUT2D eigenvalue weighted by molar-refractivity contribution is 0.0735. The molecule has 0 aromatic heterocycles. The molecule has 0 amide bonds. The van der Waals surface area contributed by atoms with Crippen LogP contribution in [-0.2, 0) is 27.9 Å². The molecule has 1 fully saturated rings. The fourth-order valence-corrected chi connectivity index (χ4v) is 3.02. The topological polar surface area (TPSA) is 30.5 Å².